The number of amides is 1. The third kappa shape index (κ3) is 3.76. The van der Waals surface area contributed by atoms with Gasteiger partial charge in [-0.15, -0.1) is 0 Å². The predicted octanol–water partition coefficient (Wildman–Crippen LogP) is 4.53. The van der Waals surface area contributed by atoms with Crippen LogP contribution in [0, 0.1) is 13.8 Å². The van der Waals surface area contributed by atoms with Crippen LogP contribution in [0.5, 0.6) is 5.75 Å². The van der Waals surface area contributed by atoms with E-state index in [9.17, 15) is 14.7 Å². The first-order valence-corrected chi connectivity index (χ1v) is 11.2. The molecule has 1 aromatic heterocycles. The molecule has 3 aromatic carbocycles. The number of hydrogen-bond donors (Lipinski definition) is 1. The van der Waals surface area contributed by atoms with Crippen molar-refractivity contribution in [3.8, 4) is 5.75 Å². The average Bonchev–Trinajstić information content (AvgIpc) is 3.10. The summed E-state index contributed by atoms with van der Waals surface area (Å²) in [6.45, 7) is 4.10. The van der Waals surface area contributed by atoms with Gasteiger partial charge in [-0.1, -0.05) is 48.5 Å². The van der Waals surface area contributed by atoms with E-state index in [0.29, 0.717) is 28.9 Å². The maximum atomic E-state index is 13.6. The van der Waals surface area contributed by atoms with Crippen molar-refractivity contribution in [3.05, 3.63) is 111 Å². The van der Waals surface area contributed by atoms with E-state index in [1.165, 1.54) is 4.90 Å². The zero-order valence-corrected chi connectivity index (χ0v) is 19.1. The number of β-amino-alcohol motifs (C(OH)–C–C–N with tert-alkyl or cyclic N) is 1. The first kappa shape index (κ1) is 21.9. The Hall–Kier alpha value is -3.90. The molecule has 1 aliphatic heterocycles. The van der Waals surface area contributed by atoms with E-state index < -0.39 is 11.9 Å². The maximum absolute atomic E-state index is 13.6. The van der Waals surface area contributed by atoms with Crippen LogP contribution >= 0.6 is 0 Å². The number of nitrogens with zero attached hydrogens (tertiary/aromatic N) is 1. The minimum Gasteiger partial charge on any atom is -0.489 e. The SMILES string of the molecule is Cc1cc(C)c2c(=O)c3c(oc2c1)C(=O)N(CCO)C3c1ccc(OCc2ccccc2)cc1. The lowest BCUT2D eigenvalue weighted by Crippen LogP contribution is -2.32. The van der Waals surface area contributed by atoms with Gasteiger partial charge in [0.15, 0.2) is 5.43 Å². The van der Waals surface area contributed by atoms with Crippen LogP contribution in [-0.4, -0.2) is 29.1 Å². The molecule has 1 unspecified atom stereocenters. The van der Waals surface area contributed by atoms with Crippen LogP contribution in [-0.2, 0) is 6.61 Å². The van der Waals surface area contributed by atoms with Crippen LogP contribution in [0.15, 0.2) is 75.9 Å². The van der Waals surface area contributed by atoms with E-state index in [2.05, 4.69) is 0 Å². The smallest absolute Gasteiger partial charge is 0.290 e. The number of ether oxygens (including phenoxy) is 1. The number of hydrogen-bond acceptors (Lipinski definition) is 5. The minimum absolute atomic E-state index is 0.0466. The van der Waals surface area contributed by atoms with Gasteiger partial charge in [0.05, 0.1) is 23.6 Å². The molecule has 0 fully saturated rings. The molecule has 0 aliphatic carbocycles. The Morgan fingerprint density at radius 1 is 1.00 bits per heavy atom. The Labute approximate surface area is 197 Å². The molecule has 6 heteroatoms. The molecule has 1 amide bonds. The Morgan fingerprint density at radius 2 is 1.74 bits per heavy atom. The molecule has 172 valence electrons. The lowest BCUT2D eigenvalue weighted by Gasteiger charge is -2.24. The summed E-state index contributed by atoms with van der Waals surface area (Å²) in [5.74, 6) is 0.338. The molecule has 6 nitrogen and oxygen atoms in total. The Morgan fingerprint density at radius 3 is 2.44 bits per heavy atom. The molecule has 34 heavy (non-hydrogen) atoms. The van der Waals surface area contributed by atoms with Crippen molar-refractivity contribution in [2.75, 3.05) is 13.2 Å². The topological polar surface area (TPSA) is 80.0 Å². The number of carbonyl (C=O) groups is 1. The lowest BCUT2D eigenvalue weighted by atomic mass is 9.97. The molecule has 0 saturated heterocycles. The summed E-state index contributed by atoms with van der Waals surface area (Å²) in [5.41, 5.74) is 4.09. The van der Waals surface area contributed by atoms with Crippen molar-refractivity contribution in [3.63, 3.8) is 0 Å². The highest BCUT2D eigenvalue weighted by Crippen LogP contribution is 2.38. The van der Waals surface area contributed by atoms with Gasteiger partial charge in [0.1, 0.15) is 17.9 Å². The first-order chi connectivity index (χ1) is 16.5. The van der Waals surface area contributed by atoms with Gasteiger partial charge < -0.3 is 19.2 Å². The molecule has 1 aliphatic rings. The van der Waals surface area contributed by atoms with Gasteiger partial charge in [-0.2, -0.15) is 0 Å². The summed E-state index contributed by atoms with van der Waals surface area (Å²) < 4.78 is 11.9. The van der Waals surface area contributed by atoms with Crippen LogP contribution in [0.25, 0.3) is 11.0 Å². The summed E-state index contributed by atoms with van der Waals surface area (Å²) in [6, 6.07) is 20.3. The minimum atomic E-state index is -0.640. The van der Waals surface area contributed by atoms with Crippen LogP contribution in [0.3, 0.4) is 0 Å². The van der Waals surface area contributed by atoms with Crippen molar-refractivity contribution < 1.29 is 19.1 Å². The van der Waals surface area contributed by atoms with E-state index in [0.717, 1.165) is 22.3 Å². The highest BCUT2D eigenvalue weighted by Gasteiger charge is 2.42. The van der Waals surface area contributed by atoms with Crippen molar-refractivity contribution in [2.45, 2.75) is 26.5 Å². The second-order valence-electron chi connectivity index (χ2n) is 8.60. The van der Waals surface area contributed by atoms with Crippen LogP contribution in [0.1, 0.15) is 44.4 Å². The Balaban J connectivity index is 1.55. The summed E-state index contributed by atoms with van der Waals surface area (Å²) >= 11 is 0. The summed E-state index contributed by atoms with van der Waals surface area (Å²) in [6.07, 6.45) is 0. The Bertz CT molecular complexity index is 1420. The largest absolute Gasteiger partial charge is 0.489 e. The van der Waals surface area contributed by atoms with Crippen LogP contribution in [0.4, 0.5) is 0 Å². The monoisotopic (exact) mass is 455 g/mol. The van der Waals surface area contributed by atoms with Gasteiger partial charge in [0, 0.05) is 6.54 Å². The lowest BCUT2D eigenvalue weighted by molar-refractivity contribution is 0.0691. The van der Waals surface area contributed by atoms with Gasteiger partial charge in [0.25, 0.3) is 5.91 Å². The fourth-order valence-corrected chi connectivity index (χ4v) is 4.69. The summed E-state index contributed by atoms with van der Waals surface area (Å²) in [4.78, 5) is 28.3. The fourth-order valence-electron chi connectivity index (χ4n) is 4.69. The molecule has 1 N–H and O–H groups in total. The van der Waals surface area contributed by atoms with E-state index in [1.807, 2.05) is 74.5 Å². The van der Waals surface area contributed by atoms with E-state index in [4.69, 9.17) is 9.15 Å². The number of aliphatic hydroxyl groups is 1. The highest BCUT2D eigenvalue weighted by molar-refractivity contribution is 5.99. The third-order valence-corrected chi connectivity index (χ3v) is 6.20. The number of carbonyl (C=O) groups excluding carboxylic acids is 1. The molecule has 2 heterocycles. The standard InChI is InChI=1S/C28H25NO5/c1-17-14-18(2)23-22(15-17)34-27-24(26(23)31)25(29(12-13-30)28(27)32)20-8-10-21(11-9-20)33-16-19-6-4-3-5-7-19/h3-11,14-15,25,30H,12-13,16H2,1-2H3. The number of aryl methyl sites for hydroxylation is 2. The zero-order valence-electron chi connectivity index (χ0n) is 19.1. The van der Waals surface area contributed by atoms with E-state index >= 15 is 0 Å². The molecule has 1 atom stereocenters. The molecule has 0 radical (unpaired) electrons. The fraction of sp³-hybridized carbons (Fsp3) is 0.214. The third-order valence-electron chi connectivity index (χ3n) is 6.20. The molecular weight excluding hydrogens is 430 g/mol. The van der Waals surface area contributed by atoms with Gasteiger partial charge in [-0.05, 0) is 54.3 Å². The van der Waals surface area contributed by atoms with Gasteiger partial charge in [0.2, 0.25) is 5.76 Å². The molecule has 5 rings (SSSR count). The molecular formula is C28H25NO5. The van der Waals surface area contributed by atoms with Crippen molar-refractivity contribution in [1.29, 1.82) is 0 Å². The average molecular weight is 456 g/mol. The van der Waals surface area contributed by atoms with E-state index in [1.54, 1.807) is 6.07 Å². The van der Waals surface area contributed by atoms with Crippen molar-refractivity contribution >= 4 is 16.9 Å². The van der Waals surface area contributed by atoms with Crippen LogP contribution < -0.4 is 10.2 Å². The highest BCUT2D eigenvalue weighted by atomic mass is 16.5. The maximum Gasteiger partial charge on any atom is 0.290 e. The number of fused-ring (bicyclic) bond motifs is 2. The molecule has 0 spiro atoms. The van der Waals surface area contributed by atoms with Crippen LogP contribution in [0.2, 0.25) is 0 Å². The number of rotatable bonds is 6. The quantitative estimate of drug-likeness (QED) is 0.462. The number of benzene rings is 3. The zero-order chi connectivity index (χ0) is 23.8. The van der Waals surface area contributed by atoms with Gasteiger partial charge in [-0.25, -0.2) is 0 Å². The normalized spacial score (nSPS) is 15.1. The second kappa shape index (κ2) is 8.80. The summed E-state index contributed by atoms with van der Waals surface area (Å²) in [5, 5.41) is 10.1. The molecule has 4 aromatic rings. The van der Waals surface area contributed by atoms with Crippen molar-refractivity contribution in [2.24, 2.45) is 0 Å². The van der Waals surface area contributed by atoms with Crippen molar-refractivity contribution in [1.82, 2.24) is 4.90 Å². The van der Waals surface area contributed by atoms with Gasteiger partial charge in [-0.3, -0.25) is 9.59 Å². The Kier molecular flexibility index (Phi) is 5.67. The predicted molar refractivity (Wildman–Crippen MR) is 129 cm³/mol. The van der Waals surface area contributed by atoms with Gasteiger partial charge >= 0.3 is 0 Å². The first-order valence-electron chi connectivity index (χ1n) is 11.2. The van der Waals surface area contributed by atoms with E-state index in [-0.39, 0.29) is 24.3 Å². The second-order valence-corrected chi connectivity index (χ2v) is 8.60. The molecule has 0 saturated carbocycles. The number of aliphatic hydroxyl groups excluding tert-OH is 1. The summed E-state index contributed by atoms with van der Waals surface area (Å²) in [7, 11) is 0. The molecule has 0 bridgehead atoms.